The molecule has 0 amide bonds. The second kappa shape index (κ2) is 5.24. The summed E-state index contributed by atoms with van der Waals surface area (Å²) in [6.45, 7) is 3.24. The minimum absolute atomic E-state index is 0.372. The van der Waals surface area contributed by atoms with Crippen molar-refractivity contribution in [2.75, 3.05) is 11.4 Å². The van der Waals surface area contributed by atoms with Gasteiger partial charge in [0.25, 0.3) is 0 Å². The fourth-order valence-corrected chi connectivity index (χ4v) is 2.28. The fourth-order valence-electron chi connectivity index (χ4n) is 1.84. The van der Waals surface area contributed by atoms with E-state index in [1.54, 1.807) is 0 Å². The molecule has 88 valence electrons. The quantitative estimate of drug-likeness (QED) is 0.746. The van der Waals surface area contributed by atoms with Crippen LogP contribution in [0.3, 0.4) is 0 Å². The normalized spacial score (nSPS) is 15.2. The average Bonchev–Trinajstić information content (AvgIpc) is 3.11. The molecule has 16 heavy (non-hydrogen) atoms. The van der Waals surface area contributed by atoms with Crippen LogP contribution in [0.5, 0.6) is 0 Å². The molecular formula is C12H16Cl2N2. The zero-order valence-corrected chi connectivity index (χ0v) is 10.9. The smallest absolute Gasteiger partial charge is 0.129 e. The highest BCUT2D eigenvalue weighted by atomic mass is 35.5. The largest absolute Gasteiger partial charge is 0.354 e. The van der Waals surface area contributed by atoms with Crippen molar-refractivity contribution in [3.05, 3.63) is 22.8 Å². The number of anilines is 1. The summed E-state index contributed by atoms with van der Waals surface area (Å²) in [5.41, 5.74) is 0.780. The highest BCUT2D eigenvalue weighted by molar-refractivity contribution is 6.32. The Morgan fingerprint density at radius 1 is 1.44 bits per heavy atom. The van der Waals surface area contributed by atoms with Gasteiger partial charge < -0.3 is 4.90 Å². The van der Waals surface area contributed by atoms with E-state index in [1.807, 2.05) is 12.1 Å². The molecule has 1 aromatic heterocycles. The molecule has 0 N–H and O–H groups in total. The third-order valence-electron chi connectivity index (χ3n) is 2.78. The van der Waals surface area contributed by atoms with Gasteiger partial charge in [0.15, 0.2) is 0 Å². The molecule has 1 heterocycles. The fraction of sp³-hybridized carbons (Fsp3) is 0.583. The molecule has 1 aromatic rings. The molecule has 0 aromatic carbocycles. The lowest BCUT2D eigenvalue weighted by atomic mass is 10.3. The topological polar surface area (TPSA) is 16.1 Å². The highest BCUT2D eigenvalue weighted by Crippen LogP contribution is 2.31. The van der Waals surface area contributed by atoms with Crippen molar-refractivity contribution in [3.63, 3.8) is 0 Å². The van der Waals surface area contributed by atoms with E-state index in [4.69, 9.17) is 23.2 Å². The Labute approximate surface area is 107 Å². The summed E-state index contributed by atoms with van der Waals surface area (Å²) < 4.78 is 0. The zero-order chi connectivity index (χ0) is 11.5. The predicted octanol–water partition coefficient (Wildman–Crippen LogP) is 3.85. The van der Waals surface area contributed by atoms with Crippen molar-refractivity contribution >= 4 is 29.0 Å². The maximum absolute atomic E-state index is 6.01. The van der Waals surface area contributed by atoms with Gasteiger partial charge in [-0.05, 0) is 31.4 Å². The molecule has 0 spiro atoms. The van der Waals surface area contributed by atoms with E-state index in [9.17, 15) is 0 Å². The second-order valence-electron chi connectivity index (χ2n) is 4.16. The molecule has 2 nitrogen and oxygen atoms in total. The van der Waals surface area contributed by atoms with E-state index in [0.717, 1.165) is 24.5 Å². The third kappa shape index (κ3) is 2.61. The number of pyridine rings is 1. The molecule has 0 aliphatic heterocycles. The van der Waals surface area contributed by atoms with Gasteiger partial charge in [-0.15, -0.1) is 11.6 Å². The number of hydrogen-bond acceptors (Lipinski definition) is 2. The van der Waals surface area contributed by atoms with Gasteiger partial charge in [0, 0.05) is 12.6 Å². The van der Waals surface area contributed by atoms with Gasteiger partial charge in [0.1, 0.15) is 5.82 Å². The molecule has 4 heteroatoms. The van der Waals surface area contributed by atoms with Crippen LogP contribution in [0, 0.1) is 0 Å². The molecule has 1 aliphatic carbocycles. The highest BCUT2D eigenvalue weighted by Gasteiger charge is 2.29. The second-order valence-corrected chi connectivity index (χ2v) is 4.83. The Morgan fingerprint density at radius 2 is 2.19 bits per heavy atom. The van der Waals surface area contributed by atoms with E-state index in [-0.39, 0.29) is 0 Å². The summed E-state index contributed by atoms with van der Waals surface area (Å²) in [4.78, 5) is 6.90. The van der Waals surface area contributed by atoms with Crippen LogP contribution in [0.2, 0.25) is 5.02 Å². The minimum atomic E-state index is 0.372. The van der Waals surface area contributed by atoms with Crippen LogP contribution in [-0.4, -0.2) is 17.6 Å². The van der Waals surface area contributed by atoms with Crippen LogP contribution in [0.4, 0.5) is 5.82 Å². The van der Waals surface area contributed by atoms with Gasteiger partial charge >= 0.3 is 0 Å². The first-order valence-electron chi connectivity index (χ1n) is 5.74. The summed E-state index contributed by atoms with van der Waals surface area (Å²) >= 11 is 11.8. The summed E-state index contributed by atoms with van der Waals surface area (Å²) in [7, 11) is 0. The number of halogens is 2. The van der Waals surface area contributed by atoms with Crippen molar-refractivity contribution in [2.45, 2.75) is 38.1 Å². The monoisotopic (exact) mass is 258 g/mol. The lowest BCUT2D eigenvalue weighted by molar-refractivity contribution is 0.748. The van der Waals surface area contributed by atoms with Crippen LogP contribution in [-0.2, 0) is 5.88 Å². The van der Waals surface area contributed by atoms with Gasteiger partial charge in [0.05, 0.1) is 16.6 Å². The summed E-state index contributed by atoms with van der Waals surface area (Å²) in [6.07, 6.45) is 3.69. The number of aromatic nitrogens is 1. The molecular weight excluding hydrogens is 243 g/mol. The van der Waals surface area contributed by atoms with Crippen LogP contribution in [0.15, 0.2) is 12.1 Å². The van der Waals surface area contributed by atoms with Crippen molar-refractivity contribution in [1.29, 1.82) is 0 Å². The van der Waals surface area contributed by atoms with Crippen molar-refractivity contribution in [2.24, 2.45) is 0 Å². The first kappa shape index (κ1) is 12.0. The van der Waals surface area contributed by atoms with Gasteiger partial charge in [-0.3, -0.25) is 0 Å². The molecule has 2 rings (SSSR count). The van der Waals surface area contributed by atoms with E-state index < -0.39 is 0 Å². The first-order valence-corrected chi connectivity index (χ1v) is 6.65. The summed E-state index contributed by atoms with van der Waals surface area (Å²) in [5.74, 6) is 1.39. The molecule has 0 atom stereocenters. The van der Waals surface area contributed by atoms with Gasteiger partial charge in [-0.25, -0.2) is 4.98 Å². The van der Waals surface area contributed by atoms with E-state index in [2.05, 4.69) is 16.8 Å². The number of hydrogen-bond donors (Lipinski definition) is 0. The van der Waals surface area contributed by atoms with Crippen LogP contribution in [0.25, 0.3) is 0 Å². The van der Waals surface area contributed by atoms with E-state index in [0.29, 0.717) is 16.9 Å². The molecule has 1 fully saturated rings. The Hall–Kier alpha value is -0.470. The Morgan fingerprint density at radius 3 is 2.75 bits per heavy atom. The van der Waals surface area contributed by atoms with E-state index >= 15 is 0 Å². The predicted molar refractivity (Wildman–Crippen MR) is 69.5 cm³/mol. The standard InChI is InChI=1S/C12H16Cl2N2/c1-2-7-16(9-3-4-9)12-6-5-10(14)11(8-13)15-12/h5-6,9H,2-4,7-8H2,1H3. The van der Waals surface area contributed by atoms with Crippen molar-refractivity contribution < 1.29 is 0 Å². The summed E-state index contributed by atoms with van der Waals surface area (Å²) in [6, 6.07) is 4.57. The van der Waals surface area contributed by atoms with Gasteiger partial charge in [-0.1, -0.05) is 18.5 Å². The lowest BCUT2D eigenvalue weighted by Crippen LogP contribution is -2.27. The molecule has 1 aliphatic rings. The molecule has 0 unspecified atom stereocenters. The lowest BCUT2D eigenvalue weighted by Gasteiger charge is -2.23. The average molecular weight is 259 g/mol. The third-order valence-corrected chi connectivity index (χ3v) is 3.37. The van der Waals surface area contributed by atoms with Crippen LogP contribution < -0.4 is 4.90 Å². The SMILES string of the molecule is CCCN(c1ccc(Cl)c(CCl)n1)C1CC1. The maximum Gasteiger partial charge on any atom is 0.129 e. The van der Waals surface area contributed by atoms with Crippen LogP contribution in [0.1, 0.15) is 31.9 Å². The molecule has 1 saturated carbocycles. The van der Waals surface area contributed by atoms with Crippen LogP contribution >= 0.6 is 23.2 Å². The first-order chi connectivity index (χ1) is 7.76. The molecule has 0 bridgehead atoms. The molecule has 0 radical (unpaired) electrons. The van der Waals surface area contributed by atoms with Gasteiger partial charge in [-0.2, -0.15) is 0 Å². The Bertz CT molecular complexity index is 364. The number of alkyl halides is 1. The minimum Gasteiger partial charge on any atom is -0.354 e. The zero-order valence-electron chi connectivity index (χ0n) is 9.42. The summed E-state index contributed by atoms with van der Waals surface area (Å²) in [5, 5.41) is 0.658. The van der Waals surface area contributed by atoms with Crippen molar-refractivity contribution in [1.82, 2.24) is 4.98 Å². The Balaban J connectivity index is 2.23. The van der Waals surface area contributed by atoms with Crippen molar-refractivity contribution in [3.8, 4) is 0 Å². The molecule has 0 saturated heterocycles. The number of rotatable bonds is 5. The van der Waals surface area contributed by atoms with Gasteiger partial charge in [0.2, 0.25) is 0 Å². The Kier molecular flexibility index (Phi) is 3.93. The maximum atomic E-state index is 6.01. The van der Waals surface area contributed by atoms with E-state index in [1.165, 1.54) is 12.8 Å². The number of nitrogens with zero attached hydrogens (tertiary/aromatic N) is 2.